The van der Waals surface area contributed by atoms with Gasteiger partial charge in [-0.15, -0.1) is 0 Å². The lowest BCUT2D eigenvalue weighted by Gasteiger charge is -2.04. The monoisotopic (exact) mass is 242 g/mol. The number of methoxy groups -OCH3 is 1. The summed E-state index contributed by atoms with van der Waals surface area (Å²) in [4.78, 5) is 18.2. The van der Waals surface area contributed by atoms with Gasteiger partial charge in [-0.05, 0) is 24.3 Å². The molecule has 0 saturated carbocycles. The van der Waals surface area contributed by atoms with Crippen molar-refractivity contribution in [2.75, 3.05) is 7.11 Å². The molecule has 3 aromatic rings. The summed E-state index contributed by atoms with van der Waals surface area (Å²) in [6.07, 6.45) is 2.87. The van der Waals surface area contributed by atoms with E-state index in [0.29, 0.717) is 11.0 Å². The summed E-state index contributed by atoms with van der Waals surface area (Å²) in [6, 6.07) is 7.37. The maximum atomic E-state index is 11.6. The molecule has 3 rings (SSSR count). The number of rotatable bonds is 2. The van der Waals surface area contributed by atoms with Crippen molar-refractivity contribution in [2.45, 2.75) is 0 Å². The minimum atomic E-state index is -0.195. The van der Waals surface area contributed by atoms with Gasteiger partial charge in [-0.1, -0.05) is 0 Å². The summed E-state index contributed by atoms with van der Waals surface area (Å²) in [6.45, 7) is 0. The molecular formula is C12H10N4O2. The molecule has 0 unspecified atom stereocenters. The predicted molar refractivity (Wildman–Crippen MR) is 66.0 cm³/mol. The second-order valence-corrected chi connectivity index (χ2v) is 3.72. The Balaban J connectivity index is 2.19. The first-order valence-corrected chi connectivity index (χ1v) is 5.35. The van der Waals surface area contributed by atoms with Crippen LogP contribution in [0.4, 0.5) is 0 Å². The number of aromatic nitrogens is 4. The van der Waals surface area contributed by atoms with E-state index in [1.54, 1.807) is 11.8 Å². The molecule has 0 atom stereocenters. The van der Waals surface area contributed by atoms with Crippen molar-refractivity contribution < 1.29 is 4.74 Å². The highest BCUT2D eigenvalue weighted by molar-refractivity contribution is 5.74. The molecule has 2 aromatic heterocycles. The highest BCUT2D eigenvalue weighted by atomic mass is 16.5. The Morgan fingerprint density at radius 1 is 1.28 bits per heavy atom. The van der Waals surface area contributed by atoms with Gasteiger partial charge < -0.3 is 9.72 Å². The summed E-state index contributed by atoms with van der Waals surface area (Å²) in [5.41, 5.74) is 1.16. The van der Waals surface area contributed by atoms with Gasteiger partial charge in [0.2, 0.25) is 0 Å². The average molecular weight is 242 g/mol. The zero-order valence-corrected chi connectivity index (χ0v) is 9.62. The van der Waals surface area contributed by atoms with Gasteiger partial charge in [0.05, 0.1) is 25.3 Å². The van der Waals surface area contributed by atoms with Crippen LogP contribution in [0.3, 0.4) is 0 Å². The topological polar surface area (TPSA) is 72.8 Å². The van der Waals surface area contributed by atoms with Crippen LogP contribution in [0, 0.1) is 0 Å². The summed E-state index contributed by atoms with van der Waals surface area (Å²) in [7, 11) is 1.61. The number of nitrogens with one attached hydrogen (secondary N) is 1. The predicted octanol–water partition coefficient (Wildman–Crippen LogP) is 1.12. The largest absolute Gasteiger partial charge is 0.497 e. The lowest BCUT2D eigenvalue weighted by atomic mass is 10.3. The highest BCUT2D eigenvalue weighted by Gasteiger charge is 2.08. The molecule has 0 spiro atoms. The van der Waals surface area contributed by atoms with Crippen LogP contribution in [0.1, 0.15) is 0 Å². The second-order valence-electron chi connectivity index (χ2n) is 3.72. The number of fused-ring (bicyclic) bond motifs is 1. The molecule has 1 N–H and O–H groups in total. The van der Waals surface area contributed by atoms with Crippen molar-refractivity contribution in [1.29, 1.82) is 0 Å². The van der Waals surface area contributed by atoms with Crippen molar-refractivity contribution in [2.24, 2.45) is 0 Å². The van der Waals surface area contributed by atoms with Crippen LogP contribution >= 0.6 is 0 Å². The maximum absolute atomic E-state index is 11.6. The Hall–Kier alpha value is -2.63. The Kier molecular flexibility index (Phi) is 2.33. The molecule has 0 amide bonds. The number of hydrogen-bond acceptors (Lipinski definition) is 4. The number of hydrogen-bond donors (Lipinski definition) is 1. The van der Waals surface area contributed by atoms with Crippen LogP contribution in [0.15, 0.2) is 41.6 Å². The standard InChI is InChI=1S/C12H10N4O2/c1-18-9-4-2-8(3-5-9)16-11-10(6-15-16)12(17)14-7-13-11/h2-7H,1H3,(H,13,14,17). The number of nitrogens with zero attached hydrogens (tertiary/aromatic N) is 3. The molecule has 6 nitrogen and oxygen atoms in total. The summed E-state index contributed by atoms with van der Waals surface area (Å²) >= 11 is 0. The Morgan fingerprint density at radius 3 is 2.78 bits per heavy atom. The molecule has 6 heteroatoms. The first-order chi connectivity index (χ1) is 8.79. The van der Waals surface area contributed by atoms with Crippen molar-refractivity contribution in [3.8, 4) is 11.4 Å². The fourth-order valence-electron chi connectivity index (χ4n) is 1.77. The number of ether oxygens (including phenoxy) is 1. The first kappa shape index (κ1) is 10.5. The lowest BCUT2D eigenvalue weighted by Crippen LogP contribution is -2.06. The van der Waals surface area contributed by atoms with Gasteiger partial charge in [0.15, 0.2) is 5.65 Å². The van der Waals surface area contributed by atoms with E-state index in [2.05, 4.69) is 15.1 Å². The van der Waals surface area contributed by atoms with Gasteiger partial charge in [0, 0.05) is 0 Å². The van der Waals surface area contributed by atoms with E-state index >= 15 is 0 Å². The molecular weight excluding hydrogens is 232 g/mol. The van der Waals surface area contributed by atoms with E-state index in [1.165, 1.54) is 12.5 Å². The van der Waals surface area contributed by atoms with E-state index in [0.717, 1.165) is 11.4 Å². The summed E-state index contributed by atoms with van der Waals surface area (Å²) in [5.74, 6) is 0.765. The smallest absolute Gasteiger partial charge is 0.261 e. The molecule has 2 heterocycles. The normalized spacial score (nSPS) is 10.7. The molecule has 0 aliphatic heterocycles. The third-order valence-electron chi connectivity index (χ3n) is 2.69. The van der Waals surface area contributed by atoms with Crippen molar-refractivity contribution in [1.82, 2.24) is 19.7 Å². The number of benzene rings is 1. The Bertz CT molecular complexity index is 743. The van der Waals surface area contributed by atoms with E-state index in [-0.39, 0.29) is 5.56 Å². The van der Waals surface area contributed by atoms with Crippen molar-refractivity contribution in [3.05, 3.63) is 47.1 Å². The van der Waals surface area contributed by atoms with E-state index in [9.17, 15) is 4.79 Å². The summed E-state index contributed by atoms with van der Waals surface area (Å²) in [5, 5.41) is 4.64. The minimum Gasteiger partial charge on any atom is -0.497 e. The van der Waals surface area contributed by atoms with Crippen LogP contribution in [-0.4, -0.2) is 26.9 Å². The molecule has 0 fully saturated rings. The minimum absolute atomic E-state index is 0.195. The molecule has 1 aromatic carbocycles. The SMILES string of the molecule is COc1ccc(-n2ncc3c(=O)[nH]cnc32)cc1. The van der Waals surface area contributed by atoms with Crippen molar-refractivity contribution >= 4 is 11.0 Å². The average Bonchev–Trinajstić information content (AvgIpc) is 2.84. The Morgan fingerprint density at radius 2 is 2.06 bits per heavy atom. The maximum Gasteiger partial charge on any atom is 0.261 e. The molecule has 0 aliphatic carbocycles. The molecule has 0 saturated heterocycles. The molecule has 0 aliphatic rings. The first-order valence-electron chi connectivity index (χ1n) is 5.35. The molecule has 0 bridgehead atoms. The third-order valence-corrected chi connectivity index (χ3v) is 2.69. The van der Waals surface area contributed by atoms with Crippen molar-refractivity contribution in [3.63, 3.8) is 0 Å². The van der Waals surface area contributed by atoms with Gasteiger partial charge in [-0.3, -0.25) is 4.79 Å². The molecule has 90 valence electrons. The van der Waals surface area contributed by atoms with Gasteiger partial charge in [-0.2, -0.15) is 5.10 Å². The van der Waals surface area contributed by atoms with Crippen LogP contribution in [0.5, 0.6) is 5.75 Å². The van der Waals surface area contributed by atoms with Crippen LogP contribution in [0.25, 0.3) is 16.7 Å². The second kappa shape index (κ2) is 3.99. The highest BCUT2D eigenvalue weighted by Crippen LogP contribution is 2.17. The Labute approximate surface area is 102 Å². The lowest BCUT2D eigenvalue weighted by molar-refractivity contribution is 0.414. The van der Waals surface area contributed by atoms with Gasteiger partial charge in [0.1, 0.15) is 11.1 Å². The quantitative estimate of drug-likeness (QED) is 0.730. The molecule has 0 radical (unpaired) electrons. The third kappa shape index (κ3) is 1.55. The fraction of sp³-hybridized carbons (Fsp3) is 0.0833. The van der Waals surface area contributed by atoms with E-state index < -0.39 is 0 Å². The zero-order valence-electron chi connectivity index (χ0n) is 9.62. The van der Waals surface area contributed by atoms with Crippen LogP contribution < -0.4 is 10.3 Å². The fourth-order valence-corrected chi connectivity index (χ4v) is 1.77. The van der Waals surface area contributed by atoms with Gasteiger partial charge in [0.25, 0.3) is 5.56 Å². The van der Waals surface area contributed by atoms with E-state index in [1.807, 2.05) is 24.3 Å². The van der Waals surface area contributed by atoms with Crippen LogP contribution in [0.2, 0.25) is 0 Å². The summed E-state index contributed by atoms with van der Waals surface area (Å²) < 4.78 is 6.71. The van der Waals surface area contributed by atoms with Gasteiger partial charge >= 0.3 is 0 Å². The zero-order chi connectivity index (χ0) is 12.5. The van der Waals surface area contributed by atoms with E-state index in [4.69, 9.17) is 4.74 Å². The van der Waals surface area contributed by atoms with Gasteiger partial charge in [-0.25, -0.2) is 9.67 Å². The number of H-pyrrole nitrogens is 1. The number of aromatic amines is 1. The molecule has 18 heavy (non-hydrogen) atoms. The van der Waals surface area contributed by atoms with Crippen LogP contribution in [-0.2, 0) is 0 Å².